The van der Waals surface area contributed by atoms with Gasteiger partial charge in [-0.15, -0.1) is 0 Å². The molecule has 3 nitrogen and oxygen atoms in total. The minimum Gasteiger partial charge on any atom is -0.481 e. The molecule has 0 atom stereocenters. The summed E-state index contributed by atoms with van der Waals surface area (Å²) in [6.07, 6.45) is 0.284. The Morgan fingerprint density at radius 3 is 2.62 bits per heavy atom. The molecule has 0 heterocycles. The zero-order valence-corrected chi connectivity index (χ0v) is 10.6. The SMILES string of the molecule is Cc1cccc(C(=O)CCBr)c1CC(=O)O. The van der Waals surface area contributed by atoms with Crippen molar-refractivity contribution in [2.45, 2.75) is 19.8 Å². The largest absolute Gasteiger partial charge is 0.481 e. The van der Waals surface area contributed by atoms with E-state index in [-0.39, 0.29) is 12.2 Å². The number of carbonyl (C=O) groups is 2. The number of hydrogen-bond donors (Lipinski definition) is 1. The van der Waals surface area contributed by atoms with Crippen molar-refractivity contribution >= 4 is 27.7 Å². The summed E-state index contributed by atoms with van der Waals surface area (Å²) in [5.74, 6) is -0.931. The molecular weight excluding hydrogens is 272 g/mol. The predicted molar refractivity (Wildman–Crippen MR) is 65.3 cm³/mol. The average Bonchev–Trinajstić information content (AvgIpc) is 2.20. The van der Waals surface area contributed by atoms with Crippen molar-refractivity contribution in [1.82, 2.24) is 0 Å². The Kier molecular flexibility index (Phi) is 4.68. The van der Waals surface area contributed by atoms with E-state index in [4.69, 9.17) is 5.11 Å². The van der Waals surface area contributed by atoms with Gasteiger partial charge in [-0.3, -0.25) is 9.59 Å². The van der Waals surface area contributed by atoms with Gasteiger partial charge < -0.3 is 5.11 Å². The number of ketones is 1. The third kappa shape index (κ3) is 3.17. The fraction of sp³-hybridized carbons (Fsp3) is 0.333. The van der Waals surface area contributed by atoms with Crippen LogP contribution in [0.4, 0.5) is 0 Å². The molecule has 0 spiro atoms. The van der Waals surface area contributed by atoms with Gasteiger partial charge in [-0.25, -0.2) is 0 Å². The summed E-state index contributed by atoms with van der Waals surface area (Å²) in [6, 6.07) is 5.29. The summed E-state index contributed by atoms with van der Waals surface area (Å²) in [4.78, 5) is 22.5. The number of aliphatic carboxylic acids is 1. The maximum atomic E-state index is 11.8. The number of halogens is 1. The molecule has 0 saturated carbocycles. The van der Waals surface area contributed by atoms with Gasteiger partial charge in [-0.1, -0.05) is 34.1 Å². The smallest absolute Gasteiger partial charge is 0.307 e. The van der Waals surface area contributed by atoms with Crippen molar-refractivity contribution in [3.63, 3.8) is 0 Å². The fourth-order valence-corrected chi connectivity index (χ4v) is 1.93. The molecule has 0 bridgehead atoms. The van der Waals surface area contributed by atoms with Gasteiger partial charge in [0.25, 0.3) is 0 Å². The topological polar surface area (TPSA) is 54.4 Å². The number of Topliss-reactive ketones (excluding diaryl/α,β-unsaturated/α-hetero) is 1. The number of benzene rings is 1. The zero-order chi connectivity index (χ0) is 12.1. The van der Waals surface area contributed by atoms with Gasteiger partial charge in [0.05, 0.1) is 6.42 Å². The summed E-state index contributed by atoms with van der Waals surface area (Å²) < 4.78 is 0. The van der Waals surface area contributed by atoms with Crippen molar-refractivity contribution < 1.29 is 14.7 Å². The van der Waals surface area contributed by atoms with E-state index in [1.54, 1.807) is 12.1 Å². The first-order valence-electron chi connectivity index (χ1n) is 4.95. The summed E-state index contributed by atoms with van der Waals surface area (Å²) in [6.45, 7) is 1.82. The Balaban J connectivity index is 3.11. The molecule has 0 saturated heterocycles. The van der Waals surface area contributed by atoms with Crippen molar-refractivity contribution in [3.05, 3.63) is 34.9 Å². The molecule has 1 aromatic rings. The Labute approximate surface area is 103 Å². The molecule has 1 N–H and O–H groups in total. The van der Waals surface area contributed by atoms with Gasteiger partial charge in [0.15, 0.2) is 5.78 Å². The van der Waals surface area contributed by atoms with Gasteiger partial charge in [0.2, 0.25) is 0 Å². The van der Waals surface area contributed by atoms with Crippen LogP contribution in [0.15, 0.2) is 18.2 Å². The molecule has 0 aliphatic heterocycles. The first kappa shape index (κ1) is 12.9. The third-order valence-electron chi connectivity index (χ3n) is 2.36. The van der Waals surface area contributed by atoms with E-state index < -0.39 is 5.97 Å². The summed E-state index contributed by atoms with van der Waals surface area (Å²) in [7, 11) is 0. The van der Waals surface area contributed by atoms with Gasteiger partial charge in [-0.2, -0.15) is 0 Å². The molecule has 0 radical (unpaired) electrons. The van der Waals surface area contributed by atoms with Crippen LogP contribution in [-0.4, -0.2) is 22.2 Å². The van der Waals surface area contributed by atoms with Crippen LogP contribution in [0.25, 0.3) is 0 Å². The quantitative estimate of drug-likeness (QED) is 0.668. The van der Waals surface area contributed by atoms with E-state index in [0.717, 1.165) is 5.56 Å². The molecule has 1 rings (SSSR count). The molecule has 86 valence electrons. The van der Waals surface area contributed by atoms with E-state index >= 15 is 0 Å². The van der Waals surface area contributed by atoms with Crippen molar-refractivity contribution in [3.8, 4) is 0 Å². The Morgan fingerprint density at radius 2 is 2.06 bits per heavy atom. The lowest BCUT2D eigenvalue weighted by Crippen LogP contribution is -2.10. The highest BCUT2D eigenvalue weighted by Gasteiger charge is 2.14. The molecule has 0 fully saturated rings. The molecule has 0 aliphatic carbocycles. The molecule has 1 aromatic carbocycles. The minimum atomic E-state index is -0.915. The maximum absolute atomic E-state index is 11.8. The number of carboxylic acid groups (broad SMARTS) is 1. The molecule has 0 aliphatic rings. The number of hydrogen-bond acceptors (Lipinski definition) is 2. The molecule has 0 amide bonds. The second-order valence-electron chi connectivity index (χ2n) is 3.53. The number of carboxylic acids is 1. The average molecular weight is 285 g/mol. The number of rotatable bonds is 5. The van der Waals surface area contributed by atoms with Crippen molar-refractivity contribution in [2.75, 3.05) is 5.33 Å². The van der Waals surface area contributed by atoms with Crippen LogP contribution in [0.2, 0.25) is 0 Å². The maximum Gasteiger partial charge on any atom is 0.307 e. The van der Waals surface area contributed by atoms with Crippen LogP contribution in [0, 0.1) is 6.92 Å². The lowest BCUT2D eigenvalue weighted by Gasteiger charge is -2.09. The molecule has 4 heteroatoms. The van der Waals surface area contributed by atoms with E-state index in [0.29, 0.717) is 22.9 Å². The van der Waals surface area contributed by atoms with Crippen LogP contribution >= 0.6 is 15.9 Å². The van der Waals surface area contributed by atoms with E-state index in [1.807, 2.05) is 13.0 Å². The fourth-order valence-electron chi connectivity index (χ4n) is 1.57. The number of aryl methyl sites for hydroxylation is 1. The molecule has 16 heavy (non-hydrogen) atoms. The van der Waals surface area contributed by atoms with Crippen molar-refractivity contribution in [2.24, 2.45) is 0 Å². The van der Waals surface area contributed by atoms with Crippen LogP contribution in [0.5, 0.6) is 0 Å². The summed E-state index contributed by atoms with van der Waals surface area (Å²) in [5.41, 5.74) is 2.01. The Bertz CT molecular complexity index is 413. The Hall–Kier alpha value is -1.16. The highest BCUT2D eigenvalue weighted by atomic mass is 79.9. The Morgan fingerprint density at radius 1 is 1.38 bits per heavy atom. The highest BCUT2D eigenvalue weighted by molar-refractivity contribution is 9.09. The highest BCUT2D eigenvalue weighted by Crippen LogP contribution is 2.17. The summed E-state index contributed by atoms with van der Waals surface area (Å²) >= 11 is 3.20. The van der Waals surface area contributed by atoms with Gasteiger partial charge in [0.1, 0.15) is 0 Å². The second-order valence-corrected chi connectivity index (χ2v) is 4.33. The third-order valence-corrected chi connectivity index (χ3v) is 2.76. The van der Waals surface area contributed by atoms with E-state index in [2.05, 4.69) is 15.9 Å². The number of carbonyl (C=O) groups excluding carboxylic acids is 1. The van der Waals surface area contributed by atoms with Gasteiger partial charge in [-0.05, 0) is 18.1 Å². The van der Waals surface area contributed by atoms with E-state index in [1.165, 1.54) is 0 Å². The predicted octanol–water partition coefficient (Wildman–Crippen LogP) is 2.59. The van der Waals surface area contributed by atoms with Crippen LogP contribution in [0.1, 0.15) is 27.9 Å². The monoisotopic (exact) mass is 284 g/mol. The summed E-state index contributed by atoms with van der Waals surface area (Å²) in [5, 5.41) is 9.40. The lowest BCUT2D eigenvalue weighted by molar-refractivity contribution is -0.136. The molecule has 0 unspecified atom stereocenters. The van der Waals surface area contributed by atoms with Crippen LogP contribution in [0.3, 0.4) is 0 Å². The minimum absolute atomic E-state index is 0.0168. The van der Waals surface area contributed by atoms with Crippen molar-refractivity contribution in [1.29, 1.82) is 0 Å². The van der Waals surface area contributed by atoms with Gasteiger partial charge >= 0.3 is 5.97 Å². The van der Waals surface area contributed by atoms with Gasteiger partial charge in [0, 0.05) is 17.3 Å². The zero-order valence-electron chi connectivity index (χ0n) is 9.00. The van der Waals surface area contributed by atoms with Crippen LogP contribution in [-0.2, 0) is 11.2 Å². The van der Waals surface area contributed by atoms with E-state index in [9.17, 15) is 9.59 Å². The second kappa shape index (κ2) is 5.80. The molecule has 0 aromatic heterocycles. The lowest BCUT2D eigenvalue weighted by atomic mass is 9.95. The first-order valence-corrected chi connectivity index (χ1v) is 6.08. The standard InChI is InChI=1S/C12H13BrO3/c1-8-3-2-4-9(11(14)5-6-13)10(8)7-12(15)16/h2-4H,5-7H2,1H3,(H,15,16). The molecular formula is C12H13BrO3. The number of alkyl halides is 1. The normalized spacial score (nSPS) is 10.1. The first-order chi connectivity index (χ1) is 7.56. The van der Waals surface area contributed by atoms with Crippen LogP contribution < -0.4 is 0 Å².